The van der Waals surface area contributed by atoms with Crippen LogP contribution in [0.4, 0.5) is 5.69 Å². The van der Waals surface area contributed by atoms with E-state index in [1.165, 1.54) is 17.3 Å². The molecule has 1 aliphatic heterocycles. The van der Waals surface area contributed by atoms with Crippen LogP contribution in [0.25, 0.3) is 6.08 Å². The lowest BCUT2D eigenvalue weighted by atomic mass is 10.1. The van der Waals surface area contributed by atoms with Gasteiger partial charge in [-0.05, 0) is 64.3 Å². The number of carbonyl (C=O) groups is 2. The summed E-state index contributed by atoms with van der Waals surface area (Å²) in [5.74, 6) is 0.310. The SMILES string of the molecule is COc1ccc(/C=C2/Sc3ccccc3N(CC(=O)NCc3ccc(C)cc3)C2=O)cc1Br. The molecule has 3 aromatic carbocycles. The van der Waals surface area contributed by atoms with E-state index < -0.39 is 0 Å². The van der Waals surface area contributed by atoms with E-state index in [2.05, 4.69) is 21.2 Å². The van der Waals surface area contributed by atoms with Crippen molar-refractivity contribution >= 4 is 51.3 Å². The number of para-hydroxylation sites is 1. The van der Waals surface area contributed by atoms with E-state index in [1.807, 2.05) is 79.7 Å². The second-order valence-corrected chi connectivity index (χ2v) is 9.56. The minimum absolute atomic E-state index is 0.0497. The third-order valence-electron chi connectivity index (χ3n) is 5.22. The lowest BCUT2D eigenvalue weighted by molar-refractivity contribution is -0.122. The molecule has 0 saturated carbocycles. The number of fused-ring (bicyclic) bond motifs is 1. The second kappa shape index (κ2) is 10.3. The number of nitrogens with zero attached hydrogens (tertiary/aromatic N) is 1. The molecular formula is C26H23BrN2O3S. The van der Waals surface area contributed by atoms with Gasteiger partial charge in [0.2, 0.25) is 5.91 Å². The first-order chi connectivity index (χ1) is 15.9. The molecule has 1 aliphatic rings. The van der Waals surface area contributed by atoms with Crippen molar-refractivity contribution in [2.45, 2.75) is 18.4 Å². The Kier molecular flexibility index (Phi) is 7.20. The van der Waals surface area contributed by atoms with Gasteiger partial charge in [-0.25, -0.2) is 0 Å². The van der Waals surface area contributed by atoms with Gasteiger partial charge in [0.1, 0.15) is 12.3 Å². The van der Waals surface area contributed by atoms with Crippen molar-refractivity contribution in [3.8, 4) is 5.75 Å². The Balaban J connectivity index is 1.55. The normalized spacial score (nSPS) is 14.2. The van der Waals surface area contributed by atoms with Crippen LogP contribution in [0.1, 0.15) is 16.7 Å². The van der Waals surface area contributed by atoms with E-state index in [1.54, 1.807) is 12.0 Å². The van der Waals surface area contributed by atoms with Gasteiger partial charge in [0.25, 0.3) is 5.91 Å². The third kappa shape index (κ3) is 5.49. The van der Waals surface area contributed by atoms with Crippen LogP contribution in [-0.4, -0.2) is 25.5 Å². The first kappa shape index (κ1) is 23.1. The maximum atomic E-state index is 13.4. The molecule has 0 saturated heterocycles. The van der Waals surface area contributed by atoms with Crippen molar-refractivity contribution in [3.05, 3.63) is 92.8 Å². The molecule has 3 aromatic rings. The highest BCUT2D eigenvalue weighted by Gasteiger charge is 2.30. The highest BCUT2D eigenvalue weighted by atomic mass is 79.9. The van der Waals surface area contributed by atoms with Crippen LogP contribution in [0.3, 0.4) is 0 Å². The van der Waals surface area contributed by atoms with Gasteiger partial charge in [-0.2, -0.15) is 0 Å². The van der Waals surface area contributed by atoms with Gasteiger partial charge in [-0.1, -0.05) is 59.8 Å². The van der Waals surface area contributed by atoms with Crippen molar-refractivity contribution < 1.29 is 14.3 Å². The van der Waals surface area contributed by atoms with Gasteiger partial charge in [-0.3, -0.25) is 14.5 Å². The van der Waals surface area contributed by atoms with Crippen LogP contribution in [-0.2, 0) is 16.1 Å². The van der Waals surface area contributed by atoms with E-state index in [9.17, 15) is 9.59 Å². The Morgan fingerprint density at radius 1 is 1.12 bits per heavy atom. The van der Waals surface area contributed by atoms with Gasteiger partial charge in [0.05, 0.1) is 22.2 Å². The van der Waals surface area contributed by atoms with Gasteiger partial charge < -0.3 is 10.1 Å². The summed E-state index contributed by atoms with van der Waals surface area (Å²) in [5.41, 5.74) is 3.79. The van der Waals surface area contributed by atoms with Gasteiger partial charge in [0, 0.05) is 11.4 Å². The first-order valence-electron chi connectivity index (χ1n) is 10.4. The molecule has 0 radical (unpaired) electrons. The van der Waals surface area contributed by atoms with E-state index in [4.69, 9.17) is 4.74 Å². The number of thioether (sulfide) groups is 1. The molecule has 0 unspecified atom stereocenters. The highest BCUT2D eigenvalue weighted by Crippen LogP contribution is 2.42. The van der Waals surface area contributed by atoms with Crippen molar-refractivity contribution in [1.82, 2.24) is 5.32 Å². The molecule has 0 atom stereocenters. The summed E-state index contributed by atoms with van der Waals surface area (Å²) in [6.45, 7) is 2.39. The Hall–Kier alpha value is -3.03. The second-order valence-electron chi connectivity index (χ2n) is 7.63. The molecule has 1 N–H and O–H groups in total. The van der Waals surface area contributed by atoms with E-state index >= 15 is 0 Å². The number of aryl methyl sites for hydroxylation is 1. The van der Waals surface area contributed by atoms with Crippen LogP contribution in [0.2, 0.25) is 0 Å². The smallest absolute Gasteiger partial charge is 0.265 e. The van der Waals surface area contributed by atoms with E-state index in [0.717, 1.165) is 31.9 Å². The minimum Gasteiger partial charge on any atom is -0.496 e. The molecule has 2 amide bonds. The molecule has 33 heavy (non-hydrogen) atoms. The Bertz CT molecular complexity index is 1220. The average Bonchev–Trinajstić information content (AvgIpc) is 2.81. The number of hydrogen-bond donors (Lipinski definition) is 1. The zero-order chi connectivity index (χ0) is 23.4. The van der Waals surface area contributed by atoms with Crippen molar-refractivity contribution in [2.24, 2.45) is 0 Å². The molecule has 0 bridgehead atoms. The predicted octanol–water partition coefficient (Wildman–Crippen LogP) is 5.56. The molecule has 5 nitrogen and oxygen atoms in total. The molecule has 4 rings (SSSR count). The predicted molar refractivity (Wildman–Crippen MR) is 136 cm³/mol. The third-order valence-corrected chi connectivity index (χ3v) is 6.91. The molecule has 0 fully saturated rings. The van der Waals surface area contributed by atoms with Crippen LogP contribution in [0, 0.1) is 6.92 Å². The first-order valence-corrected chi connectivity index (χ1v) is 12.0. The van der Waals surface area contributed by atoms with Crippen molar-refractivity contribution in [3.63, 3.8) is 0 Å². The standard InChI is InChI=1S/C26H23BrN2O3S/c1-17-7-9-18(10-8-17)15-28-25(30)16-29-21-5-3-4-6-23(21)33-24(26(29)31)14-19-11-12-22(32-2)20(27)13-19/h3-14H,15-16H2,1-2H3,(H,28,30)/b24-14+. The van der Waals surface area contributed by atoms with Crippen LogP contribution in [0.5, 0.6) is 5.75 Å². The molecule has 0 spiro atoms. The molecule has 0 aliphatic carbocycles. The summed E-state index contributed by atoms with van der Waals surface area (Å²) < 4.78 is 6.09. The van der Waals surface area contributed by atoms with Crippen molar-refractivity contribution in [1.29, 1.82) is 0 Å². The lowest BCUT2D eigenvalue weighted by Crippen LogP contribution is -2.42. The maximum Gasteiger partial charge on any atom is 0.265 e. The van der Waals surface area contributed by atoms with Crippen LogP contribution < -0.4 is 15.0 Å². The topological polar surface area (TPSA) is 58.6 Å². The van der Waals surface area contributed by atoms with Gasteiger partial charge in [-0.15, -0.1) is 0 Å². The highest BCUT2D eigenvalue weighted by molar-refractivity contribution is 9.10. The maximum absolute atomic E-state index is 13.4. The fourth-order valence-corrected chi connectivity index (χ4v) is 5.07. The zero-order valence-electron chi connectivity index (χ0n) is 18.3. The van der Waals surface area contributed by atoms with Crippen LogP contribution >= 0.6 is 27.7 Å². The summed E-state index contributed by atoms with van der Waals surface area (Å²) >= 11 is 4.90. The number of amides is 2. The molecule has 0 aromatic heterocycles. The Labute approximate surface area is 206 Å². The minimum atomic E-state index is -0.211. The summed E-state index contributed by atoms with van der Waals surface area (Å²) in [6, 6.07) is 21.3. The number of rotatable bonds is 6. The Morgan fingerprint density at radius 2 is 1.88 bits per heavy atom. The summed E-state index contributed by atoms with van der Waals surface area (Å²) in [6.07, 6.45) is 1.84. The number of benzene rings is 3. The van der Waals surface area contributed by atoms with E-state index in [0.29, 0.717) is 11.4 Å². The molecule has 7 heteroatoms. The van der Waals surface area contributed by atoms with Gasteiger partial charge >= 0.3 is 0 Å². The molecular weight excluding hydrogens is 500 g/mol. The number of ether oxygens (including phenoxy) is 1. The monoisotopic (exact) mass is 522 g/mol. The average molecular weight is 523 g/mol. The zero-order valence-corrected chi connectivity index (χ0v) is 20.7. The number of halogens is 1. The van der Waals surface area contributed by atoms with Crippen molar-refractivity contribution in [2.75, 3.05) is 18.6 Å². The number of anilines is 1. The Morgan fingerprint density at radius 3 is 2.61 bits per heavy atom. The van der Waals surface area contributed by atoms with Crippen LogP contribution in [0.15, 0.2) is 81.0 Å². The summed E-state index contributed by atoms with van der Waals surface area (Å²) in [4.78, 5) is 29.1. The van der Waals surface area contributed by atoms with Gasteiger partial charge in [0.15, 0.2) is 0 Å². The molecule has 168 valence electrons. The quantitative estimate of drug-likeness (QED) is 0.430. The molecule has 1 heterocycles. The number of carbonyl (C=O) groups excluding carboxylic acids is 2. The fourth-order valence-electron chi connectivity index (χ4n) is 3.45. The summed E-state index contributed by atoms with van der Waals surface area (Å²) in [5, 5.41) is 2.92. The summed E-state index contributed by atoms with van der Waals surface area (Å²) in [7, 11) is 1.61. The number of methoxy groups -OCH3 is 1. The number of nitrogens with one attached hydrogen (secondary N) is 1. The fraction of sp³-hybridized carbons (Fsp3) is 0.154. The van der Waals surface area contributed by atoms with E-state index in [-0.39, 0.29) is 18.4 Å². The largest absolute Gasteiger partial charge is 0.496 e. The lowest BCUT2D eigenvalue weighted by Gasteiger charge is -2.29. The number of hydrogen-bond acceptors (Lipinski definition) is 4.